The van der Waals surface area contributed by atoms with Gasteiger partial charge in [0.1, 0.15) is 0 Å². The van der Waals surface area contributed by atoms with Crippen LogP contribution in [0.1, 0.15) is 37.2 Å². The minimum Gasteiger partial charge on any atom is -0.359 e. The van der Waals surface area contributed by atoms with E-state index in [4.69, 9.17) is 0 Å². The minimum absolute atomic E-state index is 0.0253. The van der Waals surface area contributed by atoms with E-state index in [1.54, 1.807) is 13.1 Å². The summed E-state index contributed by atoms with van der Waals surface area (Å²) < 4.78 is 28.4. The van der Waals surface area contributed by atoms with Gasteiger partial charge in [0.05, 0.1) is 6.04 Å². The van der Waals surface area contributed by atoms with Crippen LogP contribution < -0.4 is 5.32 Å². The molecule has 4 saturated heterocycles. The molecule has 1 aromatic rings. The van der Waals surface area contributed by atoms with Crippen LogP contribution in [-0.4, -0.2) is 60.4 Å². The fraction of sp³-hybridized carbons (Fsp3) is 0.600. The lowest BCUT2D eigenvalue weighted by Gasteiger charge is -2.51. The fourth-order valence-electron chi connectivity index (χ4n) is 5.27. The molecule has 1 N–H and O–H groups in total. The summed E-state index contributed by atoms with van der Waals surface area (Å²) in [6, 6.07) is 4.36. The van der Waals surface area contributed by atoms with Gasteiger partial charge in [0.2, 0.25) is 11.8 Å². The topological polar surface area (TPSA) is 52.7 Å². The Morgan fingerprint density at radius 2 is 1.89 bits per heavy atom. The highest BCUT2D eigenvalue weighted by atomic mass is 19.2. The molecule has 3 unspecified atom stereocenters. The average molecular weight is 377 g/mol. The highest BCUT2D eigenvalue weighted by molar-refractivity contribution is 5.84. The van der Waals surface area contributed by atoms with Gasteiger partial charge in [-0.1, -0.05) is 12.1 Å². The molecule has 4 aliphatic heterocycles. The third kappa shape index (κ3) is 3.12. The number of nitrogens with zero attached hydrogens (tertiary/aromatic N) is 2. The Labute approximate surface area is 157 Å². The second-order valence-electron chi connectivity index (χ2n) is 7.82. The third-order valence-corrected chi connectivity index (χ3v) is 6.54. The number of hydrogen-bond acceptors (Lipinski definition) is 3. The highest BCUT2D eigenvalue weighted by Crippen LogP contribution is 2.47. The summed E-state index contributed by atoms with van der Waals surface area (Å²) in [6.45, 7) is 2.27. The van der Waals surface area contributed by atoms with Gasteiger partial charge in [0.25, 0.3) is 0 Å². The summed E-state index contributed by atoms with van der Waals surface area (Å²) in [5, 5.41) is 2.53. The number of hydrogen-bond donors (Lipinski definition) is 1. The van der Waals surface area contributed by atoms with Crippen molar-refractivity contribution >= 4 is 11.8 Å². The number of nitrogens with one attached hydrogen (secondary N) is 1. The van der Waals surface area contributed by atoms with Crippen molar-refractivity contribution in [2.75, 3.05) is 26.7 Å². The van der Waals surface area contributed by atoms with Crippen molar-refractivity contribution in [3.05, 3.63) is 35.4 Å². The van der Waals surface area contributed by atoms with Gasteiger partial charge < -0.3 is 10.2 Å². The van der Waals surface area contributed by atoms with E-state index < -0.39 is 11.6 Å². The molecule has 1 aromatic carbocycles. The first kappa shape index (κ1) is 18.3. The molecule has 0 aromatic heterocycles. The van der Waals surface area contributed by atoms with Crippen molar-refractivity contribution in [1.29, 1.82) is 0 Å². The molecule has 0 aliphatic carbocycles. The zero-order valence-electron chi connectivity index (χ0n) is 15.5. The Kier molecular flexibility index (Phi) is 4.88. The molecular formula is C20H25F2N3O2. The monoisotopic (exact) mass is 377 g/mol. The molecule has 2 amide bonds. The van der Waals surface area contributed by atoms with Crippen molar-refractivity contribution in [3.63, 3.8) is 0 Å². The number of piperidine rings is 3. The van der Waals surface area contributed by atoms with Crippen LogP contribution in [0.15, 0.2) is 18.2 Å². The second kappa shape index (κ2) is 7.19. The molecule has 4 fully saturated rings. The molecule has 27 heavy (non-hydrogen) atoms. The van der Waals surface area contributed by atoms with Gasteiger partial charge in [-0.25, -0.2) is 8.78 Å². The molecule has 4 aliphatic rings. The van der Waals surface area contributed by atoms with Crippen LogP contribution in [-0.2, 0) is 9.59 Å². The SMILES string of the molecule is CNC(=O)CCC(=O)N1CC(c2cccc(F)c2F)C2C1C1CCN2CC1. The molecule has 7 heteroatoms. The van der Waals surface area contributed by atoms with E-state index in [-0.39, 0.29) is 42.7 Å². The minimum atomic E-state index is -0.843. The van der Waals surface area contributed by atoms with Crippen LogP contribution in [0.5, 0.6) is 0 Å². The van der Waals surface area contributed by atoms with Crippen LogP contribution in [0.25, 0.3) is 0 Å². The van der Waals surface area contributed by atoms with Crippen molar-refractivity contribution < 1.29 is 18.4 Å². The maximum atomic E-state index is 14.5. The molecule has 0 spiro atoms. The molecule has 5 nitrogen and oxygen atoms in total. The quantitative estimate of drug-likeness (QED) is 0.872. The van der Waals surface area contributed by atoms with E-state index in [0.29, 0.717) is 18.0 Å². The number of halogens is 2. The largest absolute Gasteiger partial charge is 0.359 e. The summed E-state index contributed by atoms with van der Waals surface area (Å²) in [5.41, 5.74) is 0.360. The normalized spacial score (nSPS) is 31.7. The third-order valence-electron chi connectivity index (χ3n) is 6.54. The Hall–Kier alpha value is -2.02. The predicted octanol–water partition coefficient (Wildman–Crippen LogP) is 1.88. The Morgan fingerprint density at radius 1 is 1.15 bits per heavy atom. The van der Waals surface area contributed by atoms with Crippen LogP contribution in [0.4, 0.5) is 8.78 Å². The maximum absolute atomic E-state index is 14.5. The second-order valence-corrected chi connectivity index (χ2v) is 7.82. The molecular weight excluding hydrogens is 352 g/mol. The molecule has 0 saturated carbocycles. The predicted molar refractivity (Wildman–Crippen MR) is 96.0 cm³/mol. The Bertz CT molecular complexity index is 749. The van der Waals surface area contributed by atoms with Gasteiger partial charge in [-0.3, -0.25) is 14.5 Å². The summed E-state index contributed by atoms with van der Waals surface area (Å²) in [5.74, 6) is -1.72. The zero-order chi connectivity index (χ0) is 19.1. The smallest absolute Gasteiger partial charge is 0.223 e. The lowest BCUT2D eigenvalue weighted by Crippen LogP contribution is -2.60. The van der Waals surface area contributed by atoms with Gasteiger partial charge >= 0.3 is 0 Å². The van der Waals surface area contributed by atoms with Crippen LogP contribution in [0, 0.1) is 17.6 Å². The molecule has 4 heterocycles. The summed E-state index contributed by atoms with van der Waals surface area (Å²) in [6.07, 6.45) is 2.35. The number of likely N-dealkylation sites (tertiary alicyclic amines) is 1. The fourth-order valence-corrected chi connectivity index (χ4v) is 5.27. The molecule has 5 rings (SSSR count). The van der Waals surface area contributed by atoms with E-state index >= 15 is 0 Å². The van der Waals surface area contributed by atoms with Crippen molar-refractivity contribution in [1.82, 2.24) is 15.1 Å². The number of fused-ring (bicyclic) bond motifs is 2. The van der Waals surface area contributed by atoms with Gasteiger partial charge in [0, 0.05) is 38.4 Å². The Balaban J connectivity index is 1.63. The summed E-state index contributed by atoms with van der Waals surface area (Å²) in [4.78, 5) is 28.6. The van der Waals surface area contributed by atoms with Gasteiger partial charge in [-0.15, -0.1) is 0 Å². The summed E-state index contributed by atoms with van der Waals surface area (Å²) >= 11 is 0. The number of carbonyl (C=O) groups excluding carboxylic acids is 2. The van der Waals surface area contributed by atoms with E-state index in [1.165, 1.54) is 6.07 Å². The number of rotatable bonds is 4. The first-order valence-electron chi connectivity index (χ1n) is 9.69. The first-order valence-corrected chi connectivity index (χ1v) is 9.69. The number of amides is 2. The summed E-state index contributed by atoms with van der Waals surface area (Å²) in [7, 11) is 1.55. The van der Waals surface area contributed by atoms with E-state index in [9.17, 15) is 18.4 Å². The lowest BCUT2D eigenvalue weighted by atomic mass is 9.75. The van der Waals surface area contributed by atoms with Crippen molar-refractivity contribution in [2.24, 2.45) is 5.92 Å². The van der Waals surface area contributed by atoms with Crippen LogP contribution in [0.2, 0.25) is 0 Å². The van der Waals surface area contributed by atoms with Crippen molar-refractivity contribution in [2.45, 2.75) is 43.7 Å². The lowest BCUT2D eigenvalue weighted by molar-refractivity contribution is -0.137. The average Bonchev–Trinajstić information content (AvgIpc) is 3.11. The zero-order valence-corrected chi connectivity index (χ0v) is 15.5. The van der Waals surface area contributed by atoms with Gasteiger partial charge in [0.15, 0.2) is 11.6 Å². The van der Waals surface area contributed by atoms with E-state index in [0.717, 1.165) is 32.0 Å². The van der Waals surface area contributed by atoms with Gasteiger partial charge in [-0.2, -0.15) is 0 Å². The van der Waals surface area contributed by atoms with Crippen molar-refractivity contribution in [3.8, 4) is 0 Å². The van der Waals surface area contributed by atoms with E-state index in [1.807, 2.05) is 4.90 Å². The molecule has 3 atom stereocenters. The highest BCUT2D eigenvalue weighted by Gasteiger charge is 2.55. The molecule has 146 valence electrons. The molecule has 2 bridgehead atoms. The maximum Gasteiger partial charge on any atom is 0.223 e. The standard InChI is InChI=1S/C20H25F2N3O2/c1-23-16(26)5-6-17(27)25-11-14(13-3-2-4-15(21)18(13)22)20-19(25)12-7-9-24(20)10-8-12/h2-4,12,14,19-20H,5-11H2,1H3,(H,23,26). The van der Waals surface area contributed by atoms with Gasteiger partial charge in [-0.05, 0) is 43.5 Å². The first-order chi connectivity index (χ1) is 13.0. The Morgan fingerprint density at radius 3 is 2.59 bits per heavy atom. The molecule has 0 radical (unpaired) electrons. The number of carbonyl (C=O) groups is 2. The van der Waals surface area contributed by atoms with Crippen LogP contribution in [0.3, 0.4) is 0 Å². The van der Waals surface area contributed by atoms with Crippen LogP contribution >= 0.6 is 0 Å². The van der Waals surface area contributed by atoms with E-state index in [2.05, 4.69) is 10.2 Å². The number of benzene rings is 1.